The highest BCUT2D eigenvalue weighted by atomic mass is 16.6. The van der Waals surface area contributed by atoms with Crippen LogP contribution in [0.4, 0.5) is 5.69 Å². The number of nitrogens with zero attached hydrogens (tertiary/aromatic N) is 3. The molecule has 6 heteroatoms. The second-order valence-corrected chi connectivity index (χ2v) is 4.58. The molecule has 0 atom stereocenters. The summed E-state index contributed by atoms with van der Waals surface area (Å²) in [6.07, 6.45) is 4.99. The molecule has 18 heavy (non-hydrogen) atoms. The third-order valence-corrected chi connectivity index (χ3v) is 3.28. The Bertz CT molecular complexity index is 478. The minimum Gasteiger partial charge on any atom is -0.308 e. The zero-order chi connectivity index (χ0) is 13.0. The van der Waals surface area contributed by atoms with Gasteiger partial charge in [-0.15, -0.1) is 0 Å². The summed E-state index contributed by atoms with van der Waals surface area (Å²) in [4.78, 5) is 24.1. The molecule has 1 fully saturated rings. The van der Waals surface area contributed by atoms with Crippen molar-refractivity contribution in [2.45, 2.75) is 25.8 Å². The van der Waals surface area contributed by atoms with Gasteiger partial charge in [0.1, 0.15) is 0 Å². The van der Waals surface area contributed by atoms with Crippen molar-refractivity contribution in [3.8, 4) is 0 Å². The Balaban J connectivity index is 2.01. The van der Waals surface area contributed by atoms with E-state index in [1.807, 2.05) is 0 Å². The molecule has 0 spiro atoms. The molecule has 6 nitrogen and oxygen atoms in total. The molecule has 1 saturated heterocycles. The highest BCUT2D eigenvalue weighted by Gasteiger charge is 2.11. The van der Waals surface area contributed by atoms with Gasteiger partial charge in [0, 0.05) is 25.2 Å². The summed E-state index contributed by atoms with van der Waals surface area (Å²) in [6.45, 7) is 3.41. The quantitative estimate of drug-likeness (QED) is 0.596. The molecule has 0 N–H and O–H groups in total. The Morgan fingerprint density at radius 3 is 2.56 bits per heavy atom. The Morgan fingerprint density at radius 2 is 1.89 bits per heavy atom. The van der Waals surface area contributed by atoms with Crippen molar-refractivity contribution in [2.24, 2.45) is 0 Å². The van der Waals surface area contributed by atoms with Gasteiger partial charge in [0.2, 0.25) is 0 Å². The van der Waals surface area contributed by atoms with Gasteiger partial charge in [-0.25, -0.2) is 0 Å². The predicted molar refractivity (Wildman–Crippen MR) is 67.6 cm³/mol. The fourth-order valence-corrected chi connectivity index (χ4v) is 2.23. The number of hydrogen-bond donors (Lipinski definition) is 0. The van der Waals surface area contributed by atoms with E-state index in [9.17, 15) is 14.9 Å². The number of nitro groups is 1. The lowest BCUT2D eigenvalue weighted by atomic mass is 10.1. The second kappa shape index (κ2) is 5.77. The van der Waals surface area contributed by atoms with Crippen molar-refractivity contribution in [1.82, 2.24) is 9.47 Å². The molecule has 0 aliphatic carbocycles. The Kier molecular flexibility index (Phi) is 4.09. The van der Waals surface area contributed by atoms with Crippen LogP contribution >= 0.6 is 0 Å². The topological polar surface area (TPSA) is 68.4 Å². The van der Waals surface area contributed by atoms with E-state index in [1.165, 1.54) is 42.2 Å². The van der Waals surface area contributed by atoms with E-state index in [1.54, 1.807) is 0 Å². The standard InChI is InChI=1S/C12H17N3O3/c16-12-5-4-11(15(17)18)10-14(12)9-8-13-6-2-1-3-7-13/h4-5,10H,1-3,6-9H2. The van der Waals surface area contributed by atoms with Gasteiger partial charge in [0.15, 0.2) is 0 Å². The lowest BCUT2D eigenvalue weighted by molar-refractivity contribution is -0.385. The van der Waals surface area contributed by atoms with Crippen molar-refractivity contribution < 1.29 is 4.92 Å². The zero-order valence-corrected chi connectivity index (χ0v) is 10.2. The average Bonchev–Trinajstić information content (AvgIpc) is 2.38. The molecule has 0 saturated carbocycles. The van der Waals surface area contributed by atoms with Crippen molar-refractivity contribution in [2.75, 3.05) is 19.6 Å². The first-order valence-corrected chi connectivity index (χ1v) is 6.24. The van der Waals surface area contributed by atoms with E-state index in [2.05, 4.69) is 4.90 Å². The van der Waals surface area contributed by atoms with Crippen LogP contribution in [0.1, 0.15) is 19.3 Å². The lowest BCUT2D eigenvalue weighted by Crippen LogP contribution is -2.34. The molecule has 0 bridgehead atoms. The van der Waals surface area contributed by atoms with Crippen LogP contribution in [0.2, 0.25) is 0 Å². The lowest BCUT2D eigenvalue weighted by Gasteiger charge is -2.26. The fraction of sp³-hybridized carbons (Fsp3) is 0.583. The highest BCUT2D eigenvalue weighted by molar-refractivity contribution is 5.24. The SMILES string of the molecule is O=c1ccc([N+](=O)[O-])cn1CCN1CCCCC1. The van der Waals surface area contributed by atoms with Crippen LogP contribution in [0.25, 0.3) is 0 Å². The van der Waals surface area contributed by atoms with Gasteiger partial charge >= 0.3 is 0 Å². The molecule has 2 rings (SSSR count). The average molecular weight is 251 g/mol. The van der Waals surface area contributed by atoms with Crippen molar-refractivity contribution >= 4 is 5.69 Å². The Labute approximate surface area is 105 Å². The zero-order valence-electron chi connectivity index (χ0n) is 10.2. The van der Waals surface area contributed by atoms with Gasteiger partial charge in [-0.05, 0) is 25.9 Å². The van der Waals surface area contributed by atoms with Crippen LogP contribution < -0.4 is 5.56 Å². The van der Waals surface area contributed by atoms with Gasteiger partial charge in [0.05, 0.1) is 11.1 Å². The number of aromatic nitrogens is 1. The summed E-state index contributed by atoms with van der Waals surface area (Å²) in [5.41, 5.74) is -0.217. The number of rotatable bonds is 4. The molecule has 1 aliphatic heterocycles. The highest BCUT2D eigenvalue weighted by Crippen LogP contribution is 2.09. The van der Waals surface area contributed by atoms with Gasteiger partial charge in [-0.1, -0.05) is 6.42 Å². The smallest absolute Gasteiger partial charge is 0.285 e. The number of pyridine rings is 1. The number of piperidine rings is 1. The van der Waals surface area contributed by atoms with Crippen molar-refractivity contribution in [1.29, 1.82) is 0 Å². The largest absolute Gasteiger partial charge is 0.308 e. The summed E-state index contributed by atoms with van der Waals surface area (Å²) < 4.78 is 1.42. The summed E-state index contributed by atoms with van der Waals surface area (Å²) in [6, 6.07) is 2.51. The predicted octanol–water partition coefficient (Wildman–Crippen LogP) is 1.24. The van der Waals surface area contributed by atoms with Crippen molar-refractivity contribution in [3.63, 3.8) is 0 Å². The fourth-order valence-electron chi connectivity index (χ4n) is 2.23. The van der Waals surface area contributed by atoms with E-state index in [-0.39, 0.29) is 11.2 Å². The maximum atomic E-state index is 11.6. The van der Waals surface area contributed by atoms with Crippen LogP contribution in [0, 0.1) is 10.1 Å². The maximum Gasteiger partial charge on any atom is 0.285 e. The molecular formula is C12H17N3O3. The van der Waals surface area contributed by atoms with Crippen LogP contribution in [-0.4, -0.2) is 34.0 Å². The molecule has 1 aromatic heterocycles. The van der Waals surface area contributed by atoms with E-state index in [0.29, 0.717) is 6.54 Å². The van der Waals surface area contributed by atoms with E-state index < -0.39 is 4.92 Å². The molecule has 1 aliphatic rings. The summed E-state index contributed by atoms with van der Waals surface area (Å²) in [5, 5.41) is 10.7. The molecular weight excluding hydrogens is 234 g/mol. The normalized spacial score (nSPS) is 16.7. The first-order chi connectivity index (χ1) is 8.66. The van der Waals surface area contributed by atoms with Gasteiger partial charge < -0.3 is 9.47 Å². The van der Waals surface area contributed by atoms with Crippen LogP contribution in [0.15, 0.2) is 23.1 Å². The molecule has 2 heterocycles. The molecule has 1 aromatic rings. The monoisotopic (exact) mass is 251 g/mol. The third-order valence-electron chi connectivity index (χ3n) is 3.28. The van der Waals surface area contributed by atoms with E-state index in [0.717, 1.165) is 19.6 Å². The first kappa shape index (κ1) is 12.8. The minimum absolute atomic E-state index is 0.0340. The molecule has 0 aromatic carbocycles. The minimum atomic E-state index is -0.475. The van der Waals surface area contributed by atoms with Gasteiger partial charge in [-0.3, -0.25) is 14.9 Å². The van der Waals surface area contributed by atoms with E-state index >= 15 is 0 Å². The summed E-state index contributed by atoms with van der Waals surface area (Å²) in [5.74, 6) is 0. The Hall–Kier alpha value is -1.69. The maximum absolute atomic E-state index is 11.6. The first-order valence-electron chi connectivity index (χ1n) is 6.24. The van der Waals surface area contributed by atoms with E-state index in [4.69, 9.17) is 0 Å². The van der Waals surface area contributed by atoms with Crippen LogP contribution in [0.5, 0.6) is 0 Å². The molecule has 98 valence electrons. The molecule has 0 unspecified atom stereocenters. The van der Waals surface area contributed by atoms with Gasteiger partial charge in [0.25, 0.3) is 11.2 Å². The van der Waals surface area contributed by atoms with Crippen molar-refractivity contribution in [3.05, 3.63) is 38.8 Å². The number of likely N-dealkylation sites (tertiary alicyclic amines) is 1. The summed E-state index contributed by atoms with van der Waals surface area (Å²) in [7, 11) is 0. The molecule has 0 amide bonds. The van der Waals surface area contributed by atoms with Crippen LogP contribution in [-0.2, 0) is 6.54 Å². The second-order valence-electron chi connectivity index (χ2n) is 4.58. The van der Waals surface area contributed by atoms with Crippen LogP contribution in [0.3, 0.4) is 0 Å². The van der Waals surface area contributed by atoms with Gasteiger partial charge in [-0.2, -0.15) is 0 Å². The number of hydrogen-bond acceptors (Lipinski definition) is 4. The summed E-state index contributed by atoms with van der Waals surface area (Å²) >= 11 is 0. The third kappa shape index (κ3) is 3.16. The Morgan fingerprint density at radius 1 is 1.17 bits per heavy atom. The molecule has 0 radical (unpaired) electrons.